The summed E-state index contributed by atoms with van der Waals surface area (Å²) in [5.74, 6) is -1.63. The molecule has 2 rings (SSSR count). The highest BCUT2D eigenvalue weighted by Crippen LogP contribution is 2.19. The van der Waals surface area contributed by atoms with E-state index in [1.165, 1.54) is 6.07 Å². The van der Waals surface area contributed by atoms with Crippen LogP contribution in [0.25, 0.3) is 0 Å². The van der Waals surface area contributed by atoms with Crippen LogP contribution < -0.4 is 10.6 Å². The summed E-state index contributed by atoms with van der Waals surface area (Å²) in [6, 6.07) is 8.10. The number of carbonyl (C=O) groups excluding carboxylic acids is 3. The lowest BCUT2D eigenvalue weighted by atomic mass is 10.0. The van der Waals surface area contributed by atoms with Crippen LogP contribution in [0.3, 0.4) is 0 Å². The molecule has 0 saturated carbocycles. The van der Waals surface area contributed by atoms with Gasteiger partial charge in [-0.1, -0.05) is 35.0 Å². The minimum Gasteiger partial charge on any atom is -0.463 e. The first-order chi connectivity index (χ1) is 12.7. The molecule has 0 bridgehead atoms. The second-order valence-corrected chi connectivity index (χ2v) is 6.46. The van der Waals surface area contributed by atoms with Gasteiger partial charge in [0, 0.05) is 6.07 Å². The van der Waals surface area contributed by atoms with E-state index in [0.29, 0.717) is 11.3 Å². The smallest absolute Gasteiger partial charge is 0.314 e. The van der Waals surface area contributed by atoms with Gasteiger partial charge in [0.2, 0.25) is 0 Å². The van der Waals surface area contributed by atoms with Crippen LogP contribution in [0.5, 0.6) is 0 Å². The number of esters is 1. The van der Waals surface area contributed by atoms with E-state index in [1.54, 1.807) is 32.9 Å². The molecule has 0 fully saturated rings. The Balaban J connectivity index is 2.09. The number of nitrogens with one attached hydrogen (secondary N) is 2. The number of ether oxygens (including phenoxy) is 1. The summed E-state index contributed by atoms with van der Waals surface area (Å²) in [5, 5.41) is 8.52. The summed E-state index contributed by atoms with van der Waals surface area (Å²) in [4.78, 5) is 36.4. The highest BCUT2D eigenvalue weighted by Gasteiger charge is 2.24. The summed E-state index contributed by atoms with van der Waals surface area (Å²) in [6.45, 7) is 7.07. The van der Waals surface area contributed by atoms with E-state index in [9.17, 15) is 14.4 Å². The van der Waals surface area contributed by atoms with Gasteiger partial charge in [-0.3, -0.25) is 19.7 Å². The van der Waals surface area contributed by atoms with Crippen molar-refractivity contribution >= 4 is 23.6 Å². The first kappa shape index (κ1) is 20.2. The topological polar surface area (TPSA) is 111 Å². The number of benzene rings is 1. The lowest BCUT2D eigenvalue weighted by Gasteiger charge is -2.19. The Hall–Kier alpha value is -3.16. The van der Waals surface area contributed by atoms with Crippen molar-refractivity contribution < 1.29 is 23.6 Å². The summed E-state index contributed by atoms with van der Waals surface area (Å²) in [7, 11) is 0. The molecule has 0 aliphatic carbocycles. The lowest BCUT2D eigenvalue weighted by Crippen LogP contribution is -2.39. The summed E-state index contributed by atoms with van der Waals surface area (Å²) < 4.78 is 9.99. The third kappa shape index (κ3) is 6.25. The third-order valence-electron chi connectivity index (χ3n) is 3.60. The number of hydrogen-bond donors (Lipinski definition) is 2. The zero-order valence-electron chi connectivity index (χ0n) is 15.7. The van der Waals surface area contributed by atoms with Crippen LogP contribution in [0.4, 0.5) is 5.82 Å². The largest absolute Gasteiger partial charge is 0.463 e. The van der Waals surface area contributed by atoms with Gasteiger partial charge >= 0.3 is 17.8 Å². The second-order valence-electron chi connectivity index (χ2n) is 6.46. The number of amides is 2. The average Bonchev–Trinajstić information content (AvgIpc) is 2.99. The molecule has 1 aromatic heterocycles. The average molecular weight is 373 g/mol. The lowest BCUT2D eigenvalue weighted by molar-refractivity contribution is -0.148. The normalized spacial score (nSPS) is 11.7. The zero-order valence-corrected chi connectivity index (χ0v) is 15.7. The van der Waals surface area contributed by atoms with Gasteiger partial charge in [-0.25, -0.2) is 0 Å². The summed E-state index contributed by atoms with van der Waals surface area (Å²) in [6.07, 6.45) is -0.367. The number of nitrogens with zero attached hydrogens (tertiary/aromatic N) is 1. The van der Waals surface area contributed by atoms with Crippen molar-refractivity contribution in [3.63, 3.8) is 0 Å². The van der Waals surface area contributed by atoms with Gasteiger partial charge in [-0.2, -0.15) is 0 Å². The molecule has 1 atom stereocenters. The Morgan fingerprint density at radius 3 is 2.33 bits per heavy atom. The maximum Gasteiger partial charge on any atom is 0.314 e. The summed E-state index contributed by atoms with van der Waals surface area (Å²) in [5.41, 5.74) is 1.73. The number of carbonyl (C=O) groups is 3. The van der Waals surface area contributed by atoms with E-state index in [4.69, 9.17) is 9.26 Å². The van der Waals surface area contributed by atoms with E-state index in [2.05, 4.69) is 15.8 Å². The molecule has 27 heavy (non-hydrogen) atoms. The molecule has 0 radical (unpaired) electrons. The van der Waals surface area contributed by atoms with Crippen LogP contribution >= 0.6 is 0 Å². The van der Waals surface area contributed by atoms with E-state index < -0.39 is 23.8 Å². The number of aryl methyl sites for hydroxylation is 2. The van der Waals surface area contributed by atoms with Crippen LogP contribution in [0.15, 0.2) is 34.9 Å². The van der Waals surface area contributed by atoms with Crippen molar-refractivity contribution in [3.8, 4) is 0 Å². The highest BCUT2D eigenvalue weighted by atomic mass is 16.5. The molecule has 144 valence electrons. The van der Waals surface area contributed by atoms with Crippen molar-refractivity contribution in [1.82, 2.24) is 10.5 Å². The van der Waals surface area contributed by atoms with Gasteiger partial charge in [-0.15, -0.1) is 0 Å². The third-order valence-corrected chi connectivity index (χ3v) is 3.60. The number of aromatic nitrogens is 1. The Morgan fingerprint density at radius 1 is 1.11 bits per heavy atom. The van der Waals surface area contributed by atoms with Crippen molar-refractivity contribution in [1.29, 1.82) is 0 Å². The predicted molar refractivity (Wildman–Crippen MR) is 97.8 cm³/mol. The Kier molecular flexibility index (Phi) is 6.70. The molecule has 1 aromatic carbocycles. The standard InChI is InChI=1S/C19H23N3O5/c1-11(2)26-17(23)10-15(14-7-5-12(3)6-8-14)20-18(24)19(25)21-16-9-13(4)27-22-16/h5-9,11,15H,10H2,1-4H3,(H,20,24)(H,21,22,25)/t15-/m1/s1. The molecule has 2 amide bonds. The van der Waals surface area contributed by atoms with E-state index >= 15 is 0 Å². The van der Waals surface area contributed by atoms with Crippen LogP contribution in [0.2, 0.25) is 0 Å². The van der Waals surface area contributed by atoms with Crippen molar-refractivity contribution in [2.75, 3.05) is 5.32 Å². The summed E-state index contributed by atoms with van der Waals surface area (Å²) >= 11 is 0. The molecular weight excluding hydrogens is 350 g/mol. The fourth-order valence-corrected chi connectivity index (χ4v) is 2.35. The van der Waals surface area contributed by atoms with Gasteiger partial charge in [0.05, 0.1) is 18.6 Å². The Morgan fingerprint density at radius 2 is 1.78 bits per heavy atom. The fraction of sp³-hybridized carbons (Fsp3) is 0.368. The van der Waals surface area contributed by atoms with Gasteiger partial charge in [0.25, 0.3) is 0 Å². The van der Waals surface area contributed by atoms with Gasteiger partial charge in [0.1, 0.15) is 5.76 Å². The minimum atomic E-state index is -0.905. The fourth-order valence-electron chi connectivity index (χ4n) is 2.35. The molecular formula is C19H23N3O5. The van der Waals surface area contributed by atoms with Crippen molar-refractivity contribution in [2.45, 2.75) is 46.3 Å². The molecule has 2 aromatic rings. The predicted octanol–water partition coefficient (Wildman–Crippen LogP) is 2.43. The molecule has 0 aliphatic heterocycles. The quantitative estimate of drug-likeness (QED) is 0.594. The zero-order chi connectivity index (χ0) is 20.0. The van der Waals surface area contributed by atoms with Crippen LogP contribution in [-0.4, -0.2) is 29.0 Å². The maximum absolute atomic E-state index is 12.3. The van der Waals surface area contributed by atoms with Gasteiger partial charge in [0.15, 0.2) is 5.82 Å². The van der Waals surface area contributed by atoms with Crippen molar-refractivity contribution in [3.05, 3.63) is 47.2 Å². The van der Waals surface area contributed by atoms with Crippen LogP contribution in [-0.2, 0) is 19.1 Å². The molecule has 2 N–H and O–H groups in total. The molecule has 0 aliphatic rings. The monoisotopic (exact) mass is 373 g/mol. The van der Waals surface area contributed by atoms with E-state index in [1.807, 2.05) is 19.1 Å². The minimum absolute atomic E-state index is 0.0939. The Labute approximate surface area is 157 Å². The first-order valence-corrected chi connectivity index (χ1v) is 8.56. The van der Waals surface area contributed by atoms with E-state index in [0.717, 1.165) is 5.56 Å². The Bertz CT molecular complexity index is 811. The number of hydrogen-bond acceptors (Lipinski definition) is 6. The second kappa shape index (κ2) is 8.98. The SMILES string of the molecule is Cc1ccc([C@@H](CC(=O)OC(C)C)NC(=O)C(=O)Nc2cc(C)on2)cc1. The van der Waals surface area contributed by atoms with Crippen LogP contribution in [0.1, 0.15) is 43.2 Å². The first-order valence-electron chi connectivity index (χ1n) is 8.56. The highest BCUT2D eigenvalue weighted by molar-refractivity contribution is 6.39. The van der Waals surface area contributed by atoms with E-state index in [-0.39, 0.29) is 18.3 Å². The maximum atomic E-state index is 12.3. The molecule has 1 heterocycles. The molecule has 0 unspecified atom stereocenters. The van der Waals surface area contributed by atoms with Crippen molar-refractivity contribution in [2.24, 2.45) is 0 Å². The molecule has 8 nitrogen and oxygen atoms in total. The molecule has 8 heteroatoms. The number of rotatable bonds is 6. The van der Waals surface area contributed by atoms with Gasteiger partial charge < -0.3 is 14.6 Å². The molecule has 0 spiro atoms. The van der Waals surface area contributed by atoms with Gasteiger partial charge in [-0.05, 0) is 33.3 Å². The molecule has 0 saturated heterocycles. The number of anilines is 1. The van der Waals surface area contributed by atoms with Crippen LogP contribution in [0, 0.1) is 13.8 Å².